The number of hydrogen-bond acceptors (Lipinski definition) is 3. The summed E-state index contributed by atoms with van der Waals surface area (Å²) in [4.78, 5) is 28.5. The summed E-state index contributed by atoms with van der Waals surface area (Å²) in [6.45, 7) is 0.519. The largest absolute Gasteiger partial charge is 0.480 e. The quantitative estimate of drug-likeness (QED) is 0.435. The summed E-state index contributed by atoms with van der Waals surface area (Å²) < 4.78 is 5.74. The first kappa shape index (κ1) is 19.9. The average molecular weight is 425 g/mol. The molecule has 0 fully saturated rings. The highest BCUT2D eigenvalue weighted by molar-refractivity contribution is 5.98. The fraction of sp³-hybridized carbons (Fsp3) is 0.154. The van der Waals surface area contributed by atoms with Gasteiger partial charge in [-0.05, 0) is 47.9 Å². The number of rotatable bonds is 6. The van der Waals surface area contributed by atoms with E-state index in [2.05, 4.69) is 21.7 Å². The van der Waals surface area contributed by atoms with Crippen molar-refractivity contribution in [3.05, 3.63) is 95.7 Å². The van der Waals surface area contributed by atoms with Crippen LogP contribution in [0.4, 0.5) is 5.69 Å². The van der Waals surface area contributed by atoms with Gasteiger partial charge in [0.05, 0.1) is 0 Å². The van der Waals surface area contributed by atoms with Crippen molar-refractivity contribution in [2.75, 3.05) is 11.9 Å². The zero-order chi connectivity index (χ0) is 21.9. The lowest BCUT2D eigenvalue weighted by Gasteiger charge is -2.12. The summed E-state index contributed by atoms with van der Waals surface area (Å²) in [6.07, 6.45) is 2.68. The van der Waals surface area contributed by atoms with E-state index in [4.69, 9.17) is 4.74 Å². The maximum absolute atomic E-state index is 12.6. The van der Waals surface area contributed by atoms with E-state index in [0.29, 0.717) is 24.2 Å². The van der Waals surface area contributed by atoms with E-state index >= 15 is 0 Å². The second kappa shape index (κ2) is 8.59. The van der Waals surface area contributed by atoms with Gasteiger partial charge in [0.15, 0.2) is 6.10 Å². The van der Waals surface area contributed by atoms with Gasteiger partial charge >= 0.3 is 0 Å². The Bertz CT molecular complexity index is 1270. The van der Waals surface area contributed by atoms with Crippen molar-refractivity contribution < 1.29 is 14.3 Å². The van der Waals surface area contributed by atoms with Gasteiger partial charge in [0.2, 0.25) is 0 Å². The van der Waals surface area contributed by atoms with Crippen LogP contribution in [-0.2, 0) is 17.6 Å². The SMILES string of the molecule is O=C(NCCc1c[nH]c2ccccc12)c1cccc(NC(=O)C2Cc3ccccc3O2)c1. The summed E-state index contributed by atoms with van der Waals surface area (Å²) in [5, 5.41) is 6.99. The third-order valence-electron chi connectivity index (χ3n) is 5.69. The minimum Gasteiger partial charge on any atom is -0.480 e. The Morgan fingerprint density at radius 1 is 1.00 bits per heavy atom. The topological polar surface area (TPSA) is 83.2 Å². The van der Waals surface area contributed by atoms with Gasteiger partial charge in [-0.2, -0.15) is 0 Å². The molecule has 0 bridgehead atoms. The summed E-state index contributed by atoms with van der Waals surface area (Å²) in [6, 6.07) is 22.7. The molecule has 3 aromatic carbocycles. The molecule has 0 aliphatic carbocycles. The highest BCUT2D eigenvalue weighted by Crippen LogP contribution is 2.28. The number of hydrogen-bond donors (Lipinski definition) is 3. The maximum atomic E-state index is 12.6. The Morgan fingerprint density at radius 2 is 1.84 bits per heavy atom. The molecule has 0 saturated heterocycles. The van der Waals surface area contributed by atoms with Gasteiger partial charge in [-0.3, -0.25) is 9.59 Å². The van der Waals surface area contributed by atoms with Gasteiger partial charge in [-0.15, -0.1) is 0 Å². The predicted octanol–water partition coefficient (Wildman–Crippen LogP) is 4.08. The van der Waals surface area contributed by atoms with Crippen LogP contribution in [0, 0.1) is 0 Å². The van der Waals surface area contributed by atoms with E-state index in [1.54, 1.807) is 24.3 Å². The Labute approximate surface area is 185 Å². The molecule has 1 aromatic heterocycles. The number of amides is 2. The summed E-state index contributed by atoms with van der Waals surface area (Å²) in [5.41, 5.74) is 4.35. The first-order valence-electron chi connectivity index (χ1n) is 10.7. The zero-order valence-corrected chi connectivity index (χ0v) is 17.4. The number of aromatic amines is 1. The Morgan fingerprint density at radius 3 is 2.75 bits per heavy atom. The molecule has 5 rings (SSSR count). The van der Waals surface area contributed by atoms with Crippen molar-refractivity contribution in [1.29, 1.82) is 0 Å². The van der Waals surface area contributed by atoms with Crippen molar-refractivity contribution in [3.63, 3.8) is 0 Å². The number of nitrogens with one attached hydrogen (secondary N) is 3. The molecule has 32 heavy (non-hydrogen) atoms. The van der Waals surface area contributed by atoms with Gasteiger partial charge in [-0.1, -0.05) is 42.5 Å². The zero-order valence-electron chi connectivity index (χ0n) is 17.4. The maximum Gasteiger partial charge on any atom is 0.265 e. The van der Waals surface area contributed by atoms with Crippen LogP contribution in [0.2, 0.25) is 0 Å². The monoisotopic (exact) mass is 425 g/mol. The van der Waals surface area contributed by atoms with E-state index in [1.807, 2.05) is 48.7 Å². The van der Waals surface area contributed by atoms with Gasteiger partial charge in [0.1, 0.15) is 5.75 Å². The lowest BCUT2D eigenvalue weighted by Crippen LogP contribution is -2.31. The molecule has 6 heteroatoms. The number of carbonyl (C=O) groups excluding carboxylic acids is 2. The molecule has 1 unspecified atom stereocenters. The third kappa shape index (κ3) is 4.07. The van der Waals surface area contributed by atoms with E-state index in [-0.39, 0.29) is 11.8 Å². The number of benzene rings is 3. The first-order valence-corrected chi connectivity index (χ1v) is 10.7. The van der Waals surface area contributed by atoms with Crippen molar-refractivity contribution in [2.45, 2.75) is 18.9 Å². The van der Waals surface area contributed by atoms with Gasteiger partial charge < -0.3 is 20.4 Å². The standard InChI is InChI=1S/C26H23N3O3/c30-25(27-13-12-19-16-28-22-10-3-2-9-21(19)22)18-7-5-8-20(14-18)29-26(31)24-15-17-6-1-4-11-23(17)32-24/h1-11,14,16,24,28H,12-13,15H2,(H,27,30)(H,29,31). The number of aromatic nitrogens is 1. The van der Waals surface area contributed by atoms with Crippen LogP contribution in [0.3, 0.4) is 0 Å². The van der Waals surface area contributed by atoms with Crippen molar-refractivity contribution in [1.82, 2.24) is 10.3 Å². The lowest BCUT2D eigenvalue weighted by molar-refractivity contribution is -0.122. The third-order valence-corrected chi connectivity index (χ3v) is 5.69. The fourth-order valence-electron chi connectivity index (χ4n) is 4.04. The molecule has 0 spiro atoms. The van der Waals surface area contributed by atoms with E-state index < -0.39 is 6.10 Å². The van der Waals surface area contributed by atoms with Crippen LogP contribution in [0.5, 0.6) is 5.75 Å². The molecule has 0 radical (unpaired) electrons. The number of ether oxygens (including phenoxy) is 1. The smallest absolute Gasteiger partial charge is 0.265 e. The molecule has 6 nitrogen and oxygen atoms in total. The second-order valence-electron chi connectivity index (χ2n) is 7.85. The molecule has 4 aromatic rings. The molecule has 1 aliphatic heterocycles. The molecule has 3 N–H and O–H groups in total. The summed E-state index contributed by atoms with van der Waals surface area (Å²) in [7, 11) is 0. The number of carbonyl (C=O) groups is 2. The van der Waals surface area contributed by atoms with E-state index in [1.165, 1.54) is 10.9 Å². The van der Waals surface area contributed by atoms with Crippen LogP contribution < -0.4 is 15.4 Å². The minimum absolute atomic E-state index is 0.175. The number of para-hydroxylation sites is 2. The molecule has 0 saturated carbocycles. The lowest BCUT2D eigenvalue weighted by atomic mass is 10.1. The van der Waals surface area contributed by atoms with Crippen LogP contribution in [0.1, 0.15) is 21.5 Å². The molecule has 2 amide bonds. The van der Waals surface area contributed by atoms with Crippen molar-refractivity contribution in [3.8, 4) is 5.75 Å². The number of H-pyrrole nitrogens is 1. The van der Waals surface area contributed by atoms with Gasteiger partial charge in [0, 0.05) is 41.3 Å². The molecular weight excluding hydrogens is 402 g/mol. The Balaban J connectivity index is 1.17. The molecular formula is C26H23N3O3. The highest BCUT2D eigenvalue weighted by atomic mass is 16.5. The number of anilines is 1. The van der Waals surface area contributed by atoms with Gasteiger partial charge in [-0.25, -0.2) is 0 Å². The van der Waals surface area contributed by atoms with Crippen LogP contribution in [-0.4, -0.2) is 29.4 Å². The molecule has 2 heterocycles. The Hall–Kier alpha value is -4.06. The van der Waals surface area contributed by atoms with Crippen molar-refractivity contribution >= 4 is 28.4 Å². The highest BCUT2D eigenvalue weighted by Gasteiger charge is 2.28. The second-order valence-corrected chi connectivity index (χ2v) is 7.85. The van der Waals surface area contributed by atoms with Crippen LogP contribution in [0.15, 0.2) is 79.0 Å². The van der Waals surface area contributed by atoms with Crippen LogP contribution in [0.25, 0.3) is 10.9 Å². The normalized spacial score (nSPS) is 14.6. The van der Waals surface area contributed by atoms with Crippen LogP contribution >= 0.6 is 0 Å². The molecule has 160 valence electrons. The fourth-order valence-corrected chi connectivity index (χ4v) is 4.04. The van der Waals surface area contributed by atoms with E-state index in [9.17, 15) is 9.59 Å². The predicted molar refractivity (Wildman–Crippen MR) is 124 cm³/mol. The summed E-state index contributed by atoms with van der Waals surface area (Å²) >= 11 is 0. The minimum atomic E-state index is -0.568. The number of fused-ring (bicyclic) bond motifs is 2. The molecule has 1 aliphatic rings. The first-order chi connectivity index (χ1) is 15.7. The average Bonchev–Trinajstić information content (AvgIpc) is 3.44. The molecule has 1 atom stereocenters. The van der Waals surface area contributed by atoms with E-state index in [0.717, 1.165) is 23.3 Å². The van der Waals surface area contributed by atoms with Gasteiger partial charge in [0.25, 0.3) is 11.8 Å². The van der Waals surface area contributed by atoms with Crippen molar-refractivity contribution in [2.24, 2.45) is 0 Å². The summed E-state index contributed by atoms with van der Waals surface area (Å²) in [5.74, 6) is 0.347. The Kier molecular flexibility index (Phi) is 5.34.